The zero-order valence-electron chi connectivity index (χ0n) is 14.0. The SMILES string of the molecule is Cc1noc(C)c1CC(=O)N[C@H]1CCCc2c1[nH]c1ccccc21. The molecular weight excluding hydrogens is 302 g/mol. The summed E-state index contributed by atoms with van der Waals surface area (Å²) in [4.78, 5) is 16.0. The standard InChI is InChI=1S/C19H21N3O2/c1-11-15(12(2)24-22-11)10-18(23)20-17-9-5-7-14-13-6-3-4-8-16(13)21-19(14)17/h3-4,6,8,17,21H,5,7,9-10H2,1-2H3,(H,20,23)/t17-/m0/s1. The van der Waals surface area contributed by atoms with Gasteiger partial charge in [-0.1, -0.05) is 23.4 Å². The van der Waals surface area contributed by atoms with E-state index in [1.807, 2.05) is 19.9 Å². The molecule has 124 valence electrons. The number of hydrogen-bond donors (Lipinski definition) is 2. The summed E-state index contributed by atoms with van der Waals surface area (Å²) in [7, 11) is 0. The van der Waals surface area contributed by atoms with Gasteiger partial charge in [-0.25, -0.2) is 0 Å². The lowest BCUT2D eigenvalue weighted by Gasteiger charge is -2.23. The highest BCUT2D eigenvalue weighted by atomic mass is 16.5. The molecule has 0 spiro atoms. The van der Waals surface area contributed by atoms with E-state index in [0.717, 1.165) is 47.5 Å². The summed E-state index contributed by atoms with van der Waals surface area (Å²) in [5.41, 5.74) is 5.33. The molecule has 1 aliphatic rings. The molecular formula is C19H21N3O2. The maximum Gasteiger partial charge on any atom is 0.225 e. The topological polar surface area (TPSA) is 70.9 Å². The fourth-order valence-corrected chi connectivity index (χ4v) is 3.72. The maximum atomic E-state index is 12.5. The highest BCUT2D eigenvalue weighted by molar-refractivity contribution is 5.86. The van der Waals surface area contributed by atoms with Gasteiger partial charge in [0.05, 0.1) is 18.2 Å². The van der Waals surface area contributed by atoms with Crippen molar-refractivity contribution in [3.8, 4) is 0 Å². The number of nitrogens with zero attached hydrogens (tertiary/aromatic N) is 1. The van der Waals surface area contributed by atoms with E-state index in [1.54, 1.807) is 0 Å². The fourth-order valence-electron chi connectivity index (χ4n) is 3.72. The molecule has 5 nitrogen and oxygen atoms in total. The highest BCUT2D eigenvalue weighted by Crippen LogP contribution is 2.34. The number of H-pyrrole nitrogens is 1. The van der Waals surface area contributed by atoms with Gasteiger partial charge in [0.25, 0.3) is 0 Å². The molecule has 2 aromatic heterocycles. The third-order valence-electron chi connectivity index (χ3n) is 4.97. The lowest BCUT2D eigenvalue weighted by Crippen LogP contribution is -2.32. The molecule has 0 saturated carbocycles. The molecule has 0 radical (unpaired) electrons. The van der Waals surface area contributed by atoms with Crippen LogP contribution in [0, 0.1) is 13.8 Å². The van der Waals surface area contributed by atoms with Crippen LogP contribution in [0.5, 0.6) is 0 Å². The Hall–Kier alpha value is -2.56. The Bertz CT molecular complexity index is 887. The molecule has 24 heavy (non-hydrogen) atoms. The van der Waals surface area contributed by atoms with Crippen molar-refractivity contribution in [3.05, 3.63) is 52.5 Å². The van der Waals surface area contributed by atoms with Crippen LogP contribution in [0.15, 0.2) is 28.8 Å². The van der Waals surface area contributed by atoms with Crippen LogP contribution in [-0.4, -0.2) is 16.0 Å². The van der Waals surface area contributed by atoms with E-state index < -0.39 is 0 Å². The lowest BCUT2D eigenvalue weighted by molar-refractivity contribution is -0.121. The highest BCUT2D eigenvalue weighted by Gasteiger charge is 2.26. The first kappa shape index (κ1) is 15.0. The number of aryl methyl sites for hydroxylation is 3. The molecule has 0 fully saturated rings. The summed E-state index contributed by atoms with van der Waals surface area (Å²) in [6, 6.07) is 8.40. The molecule has 1 aromatic carbocycles. The van der Waals surface area contributed by atoms with Crippen molar-refractivity contribution in [1.82, 2.24) is 15.5 Å². The molecule has 0 unspecified atom stereocenters. The van der Waals surface area contributed by atoms with Crippen molar-refractivity contribution in [2.45, 2.75) is 45.6 Å². The molecule has 4 rings (SSSR count). The van der Waals surface area contributed by atoms with Crippen LogP contribution in [0.2, 0.25) is 0 Å². The van der Waals surface area contributed by atoms with Gasteiger partial charge in [0.15, 0.2) is 0 Å². The van der Waals surface area contributed by atoms with Crippen molar-refractivity contribution in [1.29, 1.82) is 0 Å². The Morgan fingerprint density at radius 3 is 3.00 bits per heavy atom. The van der Waals surface area contributed by atoms with Gasteiger partial charge in [-0.3, -0.25) is 4.79 Å². The number of hydrogen-bond acceptors (Lipinski definition) is 3. The summed E-state index contributed by atoms with van der Waals surface area (Å²) >= 11 is 0. The summed E-state index contributed by atoms with van der Waals surface area (Å²) < 4.78 is 5.15. The molecule has 5 heteroatoms. The smallest absolute Gasteiger partial charge is 0.225 e. The van der Waals surface area contributed by atoms with Crippen LogP contribution in [0.3, 0.4) is 0 Å². The number of carbonyl (C=O) groups is 1. The van der Waals surface area contributed by atoms with Crippen molar-refractivity contribution < 1.29 is 9.32 Å². The molecule has 0 aliphatic heterocycles. The number of nitrogens with one attached hydrogen (secondary N) is 2. The first-order chi connectivity index (χ1) is 11.6. The van der Waals surface area contributed by atoms with Gasteiger partial charge in [-0.2, -0.15) is 0 Å². The predicted octanol–water partition coefficient (Wildman–Crippen LogP) is 3.51. The van der Waals surface area contributed by atoms with Crippen LogP contribution in [0.4, 0.5) is 0 Å². The van der Waals surface area contributed by atoms with Gasteiger partial charge in [0.1, 0.15) is 5.76 Å². The average Bonchev–Trinajstić information content (AvgIpc) is 3.11. The van der Waals surface area contributed by atoms with Gasteiger partial charge in [-0.05, 0) is 44.7 Å². The second kappa shape index (κ2) is 5.82. The third-order valence-corrected chi connectivity index (χ3v) is 4.97. The van der Waals surface area contributed by atoms with Gasteiger partial charge in [0.2, 0.25) is 5.91 Å². The van der Waals surface area contributed by atoms with Crippen molar-refractivity contribution in [2.75, 3.05) is 0 Å². The molecule has 0 saturated heterocycles. The van der Waals surface area contributed by atoms with E-state index in [0.29, 0.717) is 6.42 Å². The van der Waals surface area contributed by atoms with Crippen LogP contribution < -0.4 is 5.32 Å². The number of para-hydroxylation sites is 1. The summed E-state index contributed by atoms with van der Waals surface area (Å²) in [5, 5.41) is 8.38. The van der Waals surface area contributed by atoms with Crippen LogP contribution in [0.25, 0.3) is 10.9 Å². The largest absolute Gasteiger partial charge is 0.361 e. The van der Waals surface area contributed by atoms with E-state index in [2.05, 4.69) is 33.7 Å². The third kappa shape index (κ3) is 2.50. The fraction of sp³-hybridized carbons (Fsp3) is 0.368. The first-order valence-electron chi connectivity index (χ1n) is 8.44. The van der Waals surface area contributed by atoms with Gasteiger partial charge in [-0.15, -0.1) is 0 Å². The van der Waals surface area contributed by atoms with E-state index in [-0.39, 0.29) is 11.9 Å². The van der Waals surface area contributed by atoms with E-state index in [9.17, 15) is 4.79 Å². The normalized spacial score (nSPS) is 17.0. The minimum Gasteiger partial charge on any atom is -0.361 e. The Morgan fingerprint density at radius 1 is 1.38 bits per heavy atom. The number of rotatable bonds is 3. The second-order valence-corrected chi connectivity index (χ2v) is 6.55. The number of aromatic amines is 1. The molecule has 3 aromatic rings. The van der Waals surface area contributed by atoms with Gasteiger partial charge in [0, 0.05) is 22.2 Å². The maximum absolute atomic E-state index is 12.5. The van der Waals surface area contributed by atoms with Crippen LogP contribution in [0.1, 0.15) is 47.2 Å². The zero-order valence-corrected chi connectivity index (χ0v) is 14.0. The molecule has 2 N–H and O–H groups in total. The Labute approximate surface area is 140 Å². The molecule has 0 bridgehead atoms. The van der Waals surface area contributed by atoms with Crippen LogP contribution in [-0.2, 0) is 17.6 Å². The van der Waals surface area contributed by atoms with E-state index in [4.69, 9.17) is 4.52 Å². The van der Waals surface area contributed by atoms with Crippen molar-refractivity contribution in [3.63, 3.8) is 0 Å². The molecule has 1 amide bonds. The Morgan fingerprint density at radius 2 is 2.21 bits per heavy atom. The number of benzene rings is 1. The van der Waals surface area contributed by atoms with Gasteiger partial charge >= 0.3 is 0 Å². The molecule has 1 aliphatic carbocycles. The van der Waals surface area contributed by atoms with Crippen molar-refractivity contribution in [2.24, 2.45) is 0 Å². The predicted molar refractivity (Wildman–Crippen MR) is 91.8 cm³/mol. The van der Waals surface area contributed by atoms with Gasteiger partial charge < -0.3 is 14.8 Å². The Kier molecular flexibility index (Phi) is 3.63. The first-order valence-corrected chi connectivity index (χ1v) is 8.44. The Balaban J connectivity index is 1.57. The minimum atomic E-state index is 0.0147. The summed E-state index contributed by atoms with van der Waals surface area (Å²) in [6.07, 6.45) is 3.43. The molecule has 1 atom stereocenters. The average molecular weight is 323 g/mol. The molecule has 2 heterocycles. The number of aromatic nitrogens is 2. The second-order valence-electron chi connectivity index (χ2n) is 6.55. The van der Waals surface area contributed by atoms with E-state index >= 15 is 0 Å². The number of amides is 1. The minimum absolute atomic E-state index is 0.0147. The number of carbonyl (C=O) groups excluding carboxylic acids is 1. The van der Waals surface area contributed by atoms with Crippen LogP contribution >= 0.6 is 0 Å². The summed E-state index contributed by atoms with van der Waals surface area (Å²) in [6.45, 7) is 3.72. The number of fused-ring (bicyclic) bond motifs is 3. The monoisotopic (exact) mass is 323 g/mol. The summed E-state index contributed by atoms with van der Waals surface area (Å²) in [5.74, 6) is 0.735. The van der Waals surface area contributed by atoms with E-state index in [1.165, 1.54) is 10.9 Å². The lowest BCUT2D eigenvalue weighted by atomic mass is 9.91. The zero-order chi connectivity index (χ0) is 16.7. The van der Waals surface area contributed by atoms with Crippen molar-refractivity contribution >= 4 is 16.8 Å². The quantitative estimate of drug-likeness (QED) is 0.775.